The molecule has 1 fully saturated rings. The molecule has 1 aliphatic rings. The van der Waals surface area contributed by atoms with Crippen LogP contribution in [0.25, 0.3) is 10.8 Å². The van der Waals surface area contributed by atoms with Crippen molar-refractivity contribution in [3.05, 3.63) is 52.1 Å². The summed E-state index contributed by atoms with van der Waals surface area (Å²) in [5.41, 5.74) is -0.867. The summed E-state index contributed by atoms with van der Waals surface area (Å²) in [5, 5.41) is 6.83. The van der Waals surface area contributed by atoms with Crippen LogP contribution in [0.2, 0.25) is 0 Å². The number of halogens is 3. The Labute approximate surface area is 189 Å². The van der Waals surface area contributed by atoms with Crippen LogP contribution >= 0.6 is 0 Å². The first-order chi connectivity index (χ1) is 15.2. The largest absolute Gasteiger partial charge is 0.495 e. The van der Waals surface area contributed by atoms with E-state index in [0.29, 0.717) is 11.3 Å². The zero-order chi connectivity index (χ0) is 24.3. The van der Waals surface area contributed by atoms with E-state index in [1.54, 1.807) is 19.1 Å². The minimum atomic E-state index is -4.69. The molecular weight excluding hydrogens is 436 g/mol. The van der Waals surface area contributed by atoms with Crippen molar-refractivity contribution in [2.24, 2.45) is 7.05 Å². The third kappa shape index (κ3) is 3.99. The predicted molar refractivity (Wildman–Crippen MR) is 120 cm³/mol. The van der Waals surface area contributed by atoms with Gasteiger partial charge in [0.15, 0.2) is 0 Å². The van der Waals surface area contributed by atoms with Crippen molar-refractivity contribution in [2.75, 3.05) is 5.32 Å². The average molecular weight is 460 g/mol. The molecule has 0 spiro atoms. The maximum atomic E-state index is 13.5. The lowest BCUT2D eigenvalue weighted by Gasteiger charge is -2.32. The van der Waals surface area contributed by atoms with Gasteiger partial charge in [-0.15, -0.1) is 0 Å². The monoisotopic (exact) mass is 460 g/mol. The van der Waals surface area contributed by atoms with Crippen molar-refractivity contribution in [2.45, 2.75) is 52.0 Å². The molecule has 3 heterocycles. The highest BCUT2D eigenvalue weighted by atomic mass is 19.4. The van der Waals surface area contributed by atoms with E-state index in [2.05, 4.69) is 15.4 Å². The fourth-order valence-corrected chi connectivity index (χ4v) is 3.63. The maximum absolute atomic E-state index is 13.5. The van der Waals surface area contributed by atoms with Gasteiger partial charge < -0.3 is 14.6 Å². The van der Waals surface area contributed by atoms with Gasteiger partial charge in [0.1, 0.15) is 11.5 Å². The number of fused-ring (bicyclic) bond motifs is 1. The van der Waals surface area contributed by atoms with E-state index in [1.807, 2.05) is 33.8 Å². The van der Waals surface area contributed by atoms with Gasteiger partial charge in [-0.25, -0.2) is 9.67 Å². The topological polar surface area (TPSA) is 78.3 Å². The van der Waals surface area contributed by atoms with Crippen LogP contribution in [0.1, 0.15) is 39.0 Å². The molecule has 174 valence electrons. The van der Waals surface area contributed by atoms with Crippen LogP contribution in [0, 0.1) is 6.92 Å². The fraction of sp³-hybridized carbons (Fsp3) is 0.409. The summed E-state index contributed by atoms with van der Waals surface area (Å²) < 4.78 is 53.8. The second-order valence-corrected chi connectivity index (χ2v) is 9.12. The number of aryl methyl sites for hydroxylation is 1. The fourth-order valence-electron chi connectivity index (χ4n) is 3.63. The normalized spacial score (nSPS) is 17.5. The molecule has 1 aliphatic heterocycles. The molecule has 3 aromatic rings. The van der Waals surface area contributed by atoms with Gasteiger partial charge in [-0.3, -0.25) is 4.79 Å². The number of pyridine rings is 1. The highest BCUT2D eigenvalue weighted by molar-refractivity contribution is 6.62. The lowest BCUT2D eigenvalue weighted by atomic mass is 9.76. The third-order valence-corrected chi connectivity index (χ3v) is 6.35. The lowest BCUT2D eigenvalue weighted by molar-refractivity contribution is -0.140. The molecule has 0 radical (unpaired) electrons. The Hall–Kier alpha value is -2.92. The zero-order valence-corrected chi connectivity index (χ0v) is 19.2. The molecule has 0 saturated carbocycles. The quantitative estimate of drug-likeness (QED) is 0.601. The second-order valence-electron chi connectivity index (χ2n) is 9.12. The Morgan fingerprint density at radius 2 is 1.76 bits per heavy atom. The number of anilines is 2. The molecule has 0 atom stereocenters. The van der Waals surface area contributed by atoms with Crippen LogP contribution in [-0.2, 0) is 22.5 Å². The van der Waals surface area contributed by atoms with E-state index >= 15 is 0 Å². The van der Waals surface area contributed by atoms with Crippen LogP contribution in [0.3, 0.4) is 0 Å². The van der Waals surface area contributed by atoms with Crippen molar-refractivity contribution in [1.82, 2.24) is 14.8 Å². The third-order valence-electron chi connectivity index (χ3n) is 6.35. The summed E-state index contributed by atoms with van der Waals surface area (Å²) >= 11 is 0. The number of hydrogen-bond acceptors (Lipinski definition) is 6. The predicted octanol–water partition coefficient (Wildman–Crippen LogP) is 3.70. The number of nitrogens with one attached hydrogen (secondary N) is 1. The highest BCUT2D eigenvalue weighted by Gasteiger charge is 2.52. The highest BCUT2D eigenvalue weighted by Crippen LogP contribution is 2.37. The minimum Gasteiger partial charge on any atom is -0.399 e. The van der Waals surface area contributed by atoms with Crippen molar-refractivity contribution < 1.29 is 22.5 Å². The molecule has 11 heteroatoms. The Morgan fingerprint density at radius 1 is 1.12 bits per heavy atom. The Balaban J connectivity index is 1.82. The Kier molecular flexibility index (Phi) is 5.33. The SMILES string of the molecule is Cc1c(Nc2nc(C(F)(F)F)cc3cnn(C)c(=O)c23)cccc1B1OC(C)(C)C(C)(C)O1. The summed E-state index contributed by atoms with van der Waals surface area (Å²) in [4.78, 5) is 16.4. The van der Waals surface area contributed by atoms with Gasteiger partial charge in [0.25, 0.3) is 5.56 Å². The maximum Gasteiger partial charge on any atom is 0.495 e. The van der Waals surface area contributed by atoms with Crippen LogP contribution in [0.4, 0.5) is 24.7 Å². The van der Waals surface area contributed by atoms with Gasteiger partial charge in [-0.05, 0) is 57.8 Å². The zero-order valence-electron chi connectivity index (χ0n) is 19.2. The standard InChI is InChI=1S/C22H24BF3N4O3/c1-12-14(23-32-20(2,3)21(4,5)33-23)8-7-9-15(12)28-18-17-13(11-27-30(6)19(17)31)10-16(29-18)22(24,25)26/h7-11H,1-6H3,(H,28,29). The second kappa shape index (κ2) is 7.56. The van der Waals surface area contributed by atoms with E-state index in [0.717, 1.165) is 16.2 Å². The molecular formula is C22H24BF3N4O3. The van der Waals surface area contributed by atoms with Crippen molar-refractivity contribution >= 4 is 34.9 Å². The molecule has 2 aromatic heterocycles. The number of hydrogen-bond donors (Lipinski definition) is 1. The van der Waals surface area contributed by atoms with E-state index in [4.69, 9.17) is 9.31 Å². The van der Waals surface area contributed by atoms with Gasteiger partial charge >= 0.3 is 13.3 Å². The number of alkyl halides is 3. The number of rotatable bonds is 3. The molecule has 1 N–H and O–H groups in total. The Bertz CT molecular complexity index is 1290. The van der Waals surface area contributed by atoms with Crippen LogP contribution in [-0.4, -0.2) is 33.1 Å². The van der Waals surface area contributed by atoms with Crippen molar-refractivity contribution in [3.63, 3.8) is 0 Å². The Morgan fingerprint density at radius 3 is 2.36 bits per heavy atom. The van der Waals surface area contributed by atoms with E-state index in [9.17, 15) is 18.0 Å². The molecule has 1 saturated heterocycles. The van der Waals surface area contributed by atoms with E-state index in [1.165, 1.54) is 13.2 Å². The molecule has 0 amide bonds. The first-order valence-electron chi connectivity index (χ1n) is 10.4. The van der Waals surface area contributed by atoms with Crippen LogP contribution < -0.4 is 16.3 Å². The summed E-state index contributed by atoms with van der Waals surface area (Å²) in [6.07, 6.45) is -3.47. The van der Waals surface area contributed by atoms with Crippen molar-refractivity contribution in [3.8, 4) is 0 Å². The number of aromatic nitrogens is 3. The molecule has 0 bridgehead atoms. The van der Waals surface area contributed by atoms with Crippen LogP contribution in [0.15, 0.2) is 35.3 Å². The van der Waals surface area contributed by atoms with E-state index < -0.39 is 35.7 Å². The van der Waals surface area contributed by atoms with Crippen molar-refractivity contribution in [1.29, 1.82) is 0 Å². The molecule has 0 unspecified atom stereocenters. The molecule has 7 nitrogen and oxygen atoms in total. The lowest BCUT2D eigenvalue weighted by Crippen LogP contribution is -2.41. The van der Waals surface area contributed by atoms with Crippen LogP contribution in [0.5, 0.6) is 0 Å². The summed E-state index contributed by atoms with van der Waals surface area (Å²) in [7, 11) is 0.771. The van der Waals surface area contributed by atoms with Gasteiger partial charge in [-0.2, -0.15) is 18.3 Å². The molecule has 0 aliphatic carbocycles. The molecule has 1 aromatic carbocycles. The minimum absolute atomic E-state index is 0.0148. The first kappa shape index (κ1) is 23.3. The summed E-state index contributed by atoms with van der Waals surface area (Å²) in [6.45, 7) is 9.55. The first-order valence-corrected chi connectivity index (χ1v) is 10.4. The molecule has 4 rings (SSSR count). The number of nitrogens with zero attached hydrogens (tertiary/aromatic N) is 3. The average Bonchev–Trinajstić information content (AvgIpc) is 2.92. The van der Waals surface area contributed by atoms with Gasteiger partial charge in [0.2, 0.25) is 0 Å². The molecule has 33 heavy (non-hydrogen) atoms. The summed E-state index contributed by atoms with van der Waals surface area (Å²) in [5.74, 6) is -0.197. The van der Waals surface area contributed by atoms with Gasteiger partial charge in [0, 0.05) is 18.1 Å². The smallest absolute Gasteiger partial charge is 0.399 e. The van der Waals surface area contributed by atoms with E-state index in [-0.39, 0.29) is 16.6 Å². The van der Waals surface area contributed by atoms with Gasteiger partial charge in [-0.1, -0.05) is 12.1 Å². The number of benzene rings is 1. The summed E-state index contributed by atoms with van der Waals surface area (Å²) in [6, 6.07) is 6.10. The van der Waals surface area contributed by atoms with Gasteiger partial charge in [0.05, 0.1) is 22.8 Å².